The van der Waals surface area contributed by atoms with E-state index in [-0.39, 0.29) is 5.41 Å². The smallest absolute Gasteiger partial charge is 0.0412 e. The number of hydrogen-bond acceptors (Lipinski definition) is 2. The molecule has 0 saturated heterocycles. The first kappa shape index (κ1) is 17.5. The number of nitrogens with zero attached hydrogens (tertiary/aromatic N) is 1. The first-order valence-electron chi connectivity index (χ1n) is 7.71. The third-order valence-electron chi connectivity index (χ3n) is 4.18. The molecule has 1 nitrogen and oxygen atoms in total. The third-order valence-corrected chi connectivity index (χ3v) is 5.71. The lowest BCUT2D eigenvalue weighted by atomic mass is 9.81. The first-order valence-corrected chi connectivity index (χ1v) is 8.91. The molecular weight excluding hydrogens is 310 g/mol. The average molecular weight is 336 g/mol. The highest BCUT2D eigenvalue weighted by Gasteiger charge is 2.23. The fourth-order valence-corrected chi connectivity index (χ4v) is 3.94. The van der Waals surface area contributed by atoms with E-state index in [1.165, 1.54) is 20.9 Å². The van der Waals surface area contributed by atoms with Crippen LogP contribution in [0.1, 0.15) is 44.1 Å². The average Bonchev–Trinajstić information content (AvgIpc) is 2.87. The number of hydrogen-bond donors (Lipinski definition) is 0. The van der Waals surface area contributed by atoms with Crippen LogP contribution in [-0.2, 0) is 6.54 Å². The molecule has 3 heteroatoms. The van der Waals surface area contributed by atoms with Crippen LogP contribution in [0.5, 0.6) is 0 Å². The molecular formula is C19H26ClNS. The van der Waals surface area contributed by atoms with E-state index in [0.29, 0.717) is 5.92 Å². The lowest BCUT2D eigenvalue weighted by Crippen LogP contribution is -2.13. The summed E-state index contributed by atoms with van der Waals surface area (Å²) in [4.78, 5) is 4.95. The molecule has 0 spiro atoms. The number of rotatable bonds is 4. The van der Waals surface area contributed by atoms with Gasteiger partial charge in [-0.3, -0.25) is 0 Å². The molecule has 0 unspecified atom stereocenters. The summed E-state index contributed by atoms with van der Waals surface area (Å²) in [5.41, 5.74) is 2.87. The van der Waals surface area contributed by atoms with Crippen LogP contribution in [0.4, 0.5) is 0 Å². The second-order valence-electron chi connectivity index (χ2n) is 7.33. The highest BCUT2D eigenvalue weighted by atomic mass is 35.5. The molecule has 1 aromatic heterocycles. The fourth-order valence-electron chi connectivity index (χ4n) is 2.41. The topological polar surface area (TPSA) is 3.24 Å². The quantitative estimate of drug-likeness (QED) is 0.635. The van der Waals surface area contributed by atoms with Crippen molar-refractivity contribution in [2.45, 2.75) is 40.2 Å². The summed E-state index contributed by atoms with van der Waals surface area (Å²) >= 11 is 8.13. The van der Waals surface area contributed by atoms with Gasteiger partial charge in [-0.2, -0.15) is 0 Å². The Morgan fingerprint density at radius 3 is 2.41 bits per heavy atom. The van der Waals surface area contributed by atoms with Crippen molar-refractivity contribution in [1.82, 2.24) is 4.90 Å². The van der Waals surface area contributed by atoms with E-state index in [4.69, 9.17) is 11.6 Å². The molecule has 120 valence electrons. The van der Waals surface area contributed by atoms with Crippen molar-refractivity contribution in [2.75, 3.05) is 14.1 Å². The van der Waals surface area contributed by atoms with Crippen LogP contribution in [0.15, 0.2) is 30.3 Å². The standard InChI is InChI=1S/C19H26ClNS/c1-13(19(2,3)4)17-9-10-18(22-17)16-11-15(20)8-7-14(16)12-21(5)6/h7-11,13H,12H2,1-6H3/t13-/m1/s1. The second-order valence-corrected chi connectivity index (χ2v) is 8.88. The van der Waals surface area contributed by atoms with E-state index in [1.54, 1.807) is 0 Å². The SMILES string of the molecule is C[C@H](c1ccc(-c2cc(Cl)ccc2CN(C)C)s1)C(C)(C)C. The van der Waals surface area contributed by atoms with Crippen molar-refractivity contribution < 1.29 is 0 Å². The lowest BCUT2D eigenvalue weighted by Gasteiger charge is -2.26. The molecule has 0 bridgehead atoms. The van der Waals surface area contributed by atoms with E-state index >= 15 is 0 Å². The van der Waals surface area contributed by atoms with Crippen LogP contribution >= 0.6 is 22.9 Å². The van der Waals surface area contributed by atoms with Gasteiger partial charge < -0.3 is 4.90 Å². The minimum atomic E-state index is 0.281. The third kappa shape index (κ3) is 4.13. The van der Waals surface area contributed by atoms with Gasteiger partial charge in [0.2, 0.25) is 0 Å². The lowest BCUT2D eigenvalue weighted by molar-refractivity contribution is 0.343. The zero-order chi connectivity index (χ0) is 16.5. The summed E-state index contributed by atoms with van der Waals surface area (Å²) in [6, 6.07) is 10.7. The van der Waals surface area contributed by atoms with E-state index in [2.05, 4.69) is 71.0 Å². The molecule has 0 amide bonds. The van der Waals surface area contributed by atoms with Crippen molar-refractivity contribution in [1.29, 1.82) is 0 Å². The maximum Gasteiger partial charge on any atom is 0.0412 e. The highest BCUT2D eigenvalue weighted by molar-refractivity contribution is 7.15. The summed E-state index contributed by atoms with van der Waals surface area (Å²) < 4.78 is 0. The molecule has 0 aliphatic carbocycles. The Morgan fingerprint density at radius 2 is 1.82 bits per heavy atom. The van der Waals surface area contributed by atoms with Gasteiger partial charge in [-0.1, -0.05) is 45.4 Å². The van der Waals surface area contributed by atoms with Crippen LogP contribution in [0, 0.1) is 5.41 Å². The first-order chi connectivity index (χ1) is 10.2. The molecule has 0 aliphatic heterocycles. The minimum absolute atomic E-state index is 0.281. The Labute approximate surface area is 143 Å². The zero-order valence-electron chi connectivity index (χ0n) is 14.4. The molecule has 0 aliphatic rings. The molecule has 0 N–H and O–H groups in total. The summed E-state index contributed by atoms with van der Waals surface area (Å²) in [5, 5.41) is 0.802. The molecule has 0 saturated carbocycles. The summed E-state index contributed by atoms with van der Waals surface area (Å²) in [6.45, 7) is 10.1. The predicted molar refractivity (Wildman–Crippen MR) is 100 cm³/mol. The molecule has 1 aromatic carbocycles. The Morgan fingerprint density at radius 1 is 1.14 bits per heavy atom. The van der Waals surface area contributed by atoms with Crippen LogP contribution < -0.4 is 0 Å². The second kappa shape index (κ2) is 6.74. The fraction of sp³-hybridized carbons (Fsp3) is 0.474. The van der Waals surface area contributed by atoms with Gasteiger partial charge in [0.1, 0.15) is 0 Å². The summed E-state index contributed by atoms with van der Waals surface area (Å²) in [7, 11) is 4.19. The van der Waals surface area contributed by atoms with Crippen LogP contribution in [-0.4, -0.2) is 19.0 Å². The van der Waals surface area contributed by atoms with Gasteiger partial charge in [0.25, 0.3) is 0 Å². The zero-order valence-corrected chi connectivity index (χ0v) is 16.0. The molecule has 22 heavy (non-hydrogen) atoms. The van der Waals surface area contributed by atoms with Crippen LogP contribution in [0.2, 0.25) is 5.02 Å². The Balaban J connectivity index is 2.40. The summed E-state index contributed by atoms with van der Waals surface area (Å²) in [5.74, 6) is 0.544. The van der Waals surface area contributed by atoms with Gasteiger partial charge in [0, 0.05) is 21.3 Å². The van der Waals surface area contributed by atoms with E-state index in [0.717, 1.165) is 11.6 Å². The van der Waals surface area contributed by atoms with Crippen LogP contribution in [0.3, 0.4) is 0 Å². The Kier molecular flexibility index (Phi) is 5.37. The van der Waals surface area contributed by atoms with Gasteiger partial charge in [-0.25, -0.2) is 0 Å². The maximum atomic E-state index is 6.24. The van der Waals surface area contributed by atoms with Gasteiger partial charge in [0.05, 0.1) is 0 Å². The largest absolute Gasteiger partial charge is 0.305 e. The van der Waals surface area contributed by atoms with Crippen molar-refractivity contribution in [3.63, 3.8) is 0 Å². The highest BCUT2D eigenvalue weighted by Crippen LogP contribution is 2.41. The monoisotopic (exact) mass is 335 g/mol. The molecule has 0 fully saturated rings. The number of halogens is 1. The summed E-state index contributed by atoms with van der Waals surface area (Å²) in [6.07, 6.45) is 0. The van der Waals surface area contributed by atoms with E-state index in [1.807, 2.05) is 17.4 Å². The normalized spacial score (nSPS) is 13.6. The van der Waals surface area contributed by atoms with Gasteiger partial charge in [0.15, 0.2) is 0 Å². The van der Waals surface area contributed by atoms with E-state index in [9.17, 15) is 0 Å². The molecule has 1 atom stereocenters. The van der Waals surface area contributed by atoms with Crippen LogP contribution in [0.25, 0.3) is 10.4 Å². The number of thiophene rings is 1. The van der Waals surface area contributed by atoms with Gasteiger partial charge in [-0.15, -0.1) is 11.3 Å². The molecule has 2 rings (SSSR count). The minimum Gasteiger partial charge on any atom is -0.305 e. The van der Waals surface area contributed by atoms with Crippen molar-refractivity contribution in [3.8, 4) is 10.4 Å². The predicted octanol–water partition coefficient (Wildman–Crippen LogP) is 6.28. The Bertz CT molecular complexity index is 637. The number of benzene rings is 1. The van der Waals surface area contributed by atoms with E-state index < -0.39 is 0 Å². The maximum absolute atomic E-state index is 6.24. The Hall–Kier alpha value is -0.830. The molecule has 0 radical (unpaired) electrons. The van der Waals surface area contributed by atoms with Crippen molar-refractivity contribution >= 4 is 22.9 Å². The van der Waals surface area contributed by atoms with Crippen molar-refractivity contribution in [3.05, 3.63) is 45.8 Å². The van der Waals surface area contributed by atoms with Gasteiger partial charge >= 0.3 is 0 Å². The molecule has 1 heterocycles. The molecule has 2 aromatic rings. The van der Waals surface area contributed by atoms with Gasteiger partial charge in [-0.05, 0) is 60.8 Å². The van der Waals surface area contributed by atoms with Crippen molar-refractivity contribution in [2.24, 2.45) is 5.41 Å².